The number of carbonyl (C=O) groups excluding carboxylic acids is 1. The van der Waals surface area contributed by atoms with Gasteiger partial charge in [0.1, 0.15) is 23.2 Å². The summed E-state index contributed by atoms with van der Waals surface area (Å²) in [5, 5.41) is 6.74. The summed E-state index contributed by atoms with van der Waals surface area (Å²) in [6.07, 6.45) is 2.38. The molecule has 1 aliphatic rings. The van der Waals surface area contributed by atoms with Crippen molar-refractivity contribution in [2.45, 2.75) is 40.2 Å². The summed E-state index contributed by atoms with van der Waals surface area (Å²) in [4.78, 5) is 21.4. The highest BCUT2D eigenvalue weighted by Gasteiger charge is 2.25. The number of hydrogen-bond donors (Lipinski definition) is 1. The van der Waals surface area contributed by atoms with Crippen LogP contribution in [0.25, 0.3) is 11.3 Å². The lowest BCUT2D eigenvalue weighted by Crippen LogP contribution is -2.34. The van der Waals surface area contributed by atoms with E-state index in [0.717, 1.165) is 40.4 Å². The van der Waals surface area contributed by atoms with Gasteiger partial charge in [-0.05, 0) is 51.5 Å². The minimum atomic E-state index is -0.192. The molecule has 3 aromatic rings. The molecule has 0 radical (unpaired) electrons. The van der Waals surface area contributed by atoms with Gasteiger partial charge in [-0.1, -0.05) is 5.16 Å². The van der Waals surface area contributed by atoms with Gasteiger partial charge in [0.2, 0.25) is 0 Å². The molecular formula is C21H22N4O3. The van der Waals surface area contributed by atoms with Crippen molar-refractivity contribution in [1.29, 1.82) is 0 Å². The van der Waals surface area contributed by atoms with Gasteiger partial charge in [-0.2, -0.15) is 0 Å². The molecule has 0 fully saturated rings. The van der Waals surface area contributed by atoms with E-state index in [1.807, 2.05) is 26.0 Å². The average molecular weight is 378 g/mol. The third-order valence-electron chi connectivity index (χ3n) is 4.90. The monoisotopic (exact) mass is 378 g/mol. The molecule has 0 saturated carbocycles. The van der Waals surface area contributed by atoms with Gasteiger partial charge in [-0.25, -0.2) is 4.98 Å². The first-order valence-corrected chi connectivity index (χ1v) is 9.23. The number of benzene rings is 1. The number of fused-ring (bicyclic) bond motifs is 1. The van der Waals surface area contributed by atoms with Crippen molar-refractivity contribution in [3.63, 3.8) is 0 Å². The Morgan fingerprint density at radius 3 is 2.79 bits per heavy atom. The van der Waals surface area contributed by atoms with Crippen molar-refractivity contribution in [2.75, 3.05) is 6.54 Å². The van der Waals surface area contributed by atoms with Crippen LogP contribution in [0.15, 0.2) is 28.9 Å². The first kappa shape index (κ1) is 18.2. The second kappa shape index (κ2) is 7.07. The van der Waals surface area contributed by atoms with E-state index in [2.05, 4.69) is 26.5 Å². The van der Waals surface area contributed by atoms with Gasteiger partial charge in [0.25, 0.3) is 5.91 Å². The largest absolute Gasteiger partial charge is 0.488 e. The summed E-state index contributed by atoms with van der Waals surface area (Å²) in [5.74, 6) is 1.17. The maximum absolute atomic E-state index is 12.4. The van der Waals surface area contributed by atoms with E-state index < -0.39 is 0 Å². The number of aryl methyl sites for hydroxylation is 4. The molecule has 1 aromatic carbocycles. The first-order valence-electron chi connectivity index (χ1n) is 9.23. The summed E-state index contributed by atoms with van der Waals surface area (Å²) in [7, 11) is 0. The molecule has 1 N–H and O–H groups in total. The molecule has 0 bridgehead atoms. The summed E-state index contributed by atoms with van der Waals surface area (Å²) in [6, 6.07) is 6.06. The zero-order chi connectivity index (χ0) is 19.8. The molecule has 1 aliphatic heterocycles. The van der Waals surface area contributed by atoms with Crippen LogP contribution in [0.1, 0.15) is 38.8 Å². The van der Waals surface area contributed by atoms with Crippen LogP contribution in [0.5, 0.6) is 5.75 Å². The summed E-state index contributed by atoms with van der Waals surface area (Å²) in [6.45, 7) is 7.79. The van der Waals surface area contributed by atoms with Crippen LogP contribution in [0.4, 0.5) is 0 Å². The third-order valence-corrected chi connectivity index (χ3v) is 4.90. The van der Waals surface area contributed by atoms with Crippen molar-refractivity contribution in [3.05, 3.63) is 58.4 Å². The quantitative estimate of drug-likeness (QED) is 0.750. The lowest BCUT2D eigenvalue weighted by molar-refractivity contribution is 0.0931. The van der Waals surface area contributed by atoms with Gasteiger partial charge in [-0.3, -0.25) is 9.78 Å². The second-order valence-electron chi connectivity index (χ2n) is 7.12. The minimum absolute atomic E-state index is 0.112. The van der Waals surface area contributed by atoms with Gasteiger partial charge < -0.3 is 14.6 Å². The number of nitrogens with zero attached hydrogens (tertiary/aromatic N) is 3. The Labute approximate surface area is 163 Å². The fourth-order valence-electron chi connectivity index (χ4n) is 3.49. The van der Waals surface area contributed by atoms with E-state index in [4.69, 9.17) is 9.26 Å². The Morgan fingerprint density at radius 2 is 2.04 bits per heavy atom. The number of rotatable bonds is 4. The summed E-state index contributed by atoms with van der Waals surface area (Å²) >= 11 is 0. The van der Waals surface area contributed by atoms with Crippen LogP contribution >= 0.6 is 0 Å². The molecular weight excluding hydrogens is 356 g/mol. The number of amides is 1. The fourth-order valence-corrected chi connectivity index (χ4v) is 3.49. The zero-order valence-corrected chi connectivity index (χ0v) is 16.4. The molecule has 3 heterocycles. The van der Waals surface area contributed by atoms with Crippen LogP contribution in [-0.2, 0) is 6.42 Å². The van der Waals surface area contributed by atoms with Gasteiger partial charge in [0.05, 0.1) is 29.3 Å². The number of hydrogen-bond acceptors (Lipinski definition) is 6. The topological polar surface area (TPSA) is 90.1 Å². The number of aromatic nitrogens is 3. The zero-order valence-electron chi connectivity index (χ0n) is 16.4. The Morgan fingerprint density at radius 1 is 1.21 bits per heavy atom. The van der Waals surface area contributed by atoms with E-state index in [9.17, 15) is 4.79 Å². The van der Waals surface area contributed by atoms with Crippen molar-refractivity contribution < 1.29 is 14.1 Å². The number of carbonyl (C=O) groups is 1. The molecule has 1 unspecified atom stereocenters. The highest BCUT2D eigenvalue weighted by molar-refractivity contribution is 5.96. The molecule has 0 spiro atoms. The predicted octanol–water partition coefficient (Wildman–Crippen LogP) is 3.10. The highest BCUT2D eigenvalue weighted by atomic mass is 16.5. The fraction of sp³-hybridized carbons (Fsp3) is 0.333. The van der Waals surface area contributed by atoms with Crippen LogP contribution in [0.2, 0.25) is 0 Å². The Hall–Kier alpha value is -3.22. The molecule has 1 amide bonds. The van der Waals surface area contributed by atoms with E-state index in [0.29, 0.717) is 23.6 Å². The van der Waals surface area contributed by atoms with Gasteiger partial charge in [-0.15, -0.1) is 0 Å². The van der Waals surface area contributed by atoms with Gasteiger partial charge in [0, 0.05) is 18.2 Å². The van der Waals surface area contributed by atoms with Gasteiger partial charge >= 0.3 is 0 Å². The number of ether oxygens (including phenoxy) is 1. The normalized spacial score (nSPS) is 15.2. The first-order chi connectivity index (χ1) is 13.4. The van der Waals surface area contributed by atoms with Crippen molar-refractivity contribution >= 4 is 5.91 Å². The van der Waals surface area contributed by atoms with E-state index in [1.54, 1.807) is 20.0 Å². The van der Waals surface area contributed by atoms with E-state index in [1.165, 1.54) is 0 Å². The smallest absolute Gasteiger partial charge is 0.256 e. The average Bonchev–Trinajstić information content (AvgIpc) is 3.23. The Kier molecular flexibility index (Phi) is 4.58. The molecule has 7 nitrogen and oxygen atoms in total. The Balaban J connectivity index is 1.45. The van der Waals surface area contributed by atoms with E-state index >= 15 is 0 Å². The molecule has 4 rings (SSSR count). The van der Waals surface area contributed by atoms with Crippen molar-refractivity contribution in [2.24, 2.45) is 0 Å². The summed E-state index contributed by atoms with van der Waals surface area (Å²) < 4.78 is 11.0. The molecule has 0 aliphatic carbocycles. The van der Waals surface area contributed by atoms with Crippen LogP contribution < -0.4 is 10.1 Å². The lowest BCUT2D eigenvalue weighted by atomic mass is 10.0. The molecule has 7 heteroatoms. The lowest BCUT2D eigenvalue weighted by Gasteiger charge is -2.11. The standard InChI is InChI=1S/C21H22N4O3/c1-11-9-22-13(3)20(24-11)15-5-6-18-16(7-15)8-17(27-18)10-23-21(26)19-12(2)25-28-14(19)4/h5-7,9,17H,8,10H2,1-4H3,(H,23,26). The van der Waals surface area contributed by atoms with Gasteiger partial charge in [0.15, 0.2) is 0 Å². The maximum atomic E-state index is 12.4. The highest BCUT2D eigenvalue weighted by Crippen LogP contribution is 2.33. The maximum Gasteiger partial charge on any atom is 0.256 e. The molecule has 0 saturated heterocycles. The van der Waals surface area contributed by atoms with E-state index in [-0.39, 0.29) is 12.0 Å². The minimum Gasteiger partial charge on any atom is -0.488 e. The third kappa shape index (κ3) is 3.35. The van der Waals surface area contributed by atoms with Crippen molar-refractivity contribution in [1.82, 2.24) is 20.4 Å². The van der Waals surface area contributed by atoms with Crippen LogP contribution in [-0.4, -0.2) is 33.7 Å². The predicted molar refractivity (Wildman–Crippen MR) is 103 cm³/mol. The molecule has 28 heavy (non-hydrogen) atoms. The molecule has 2 aromatic heterocycles. The second-order valence-corrected chi connectivity index (χ2v) is 7.12. The molecule has 1 atom stereocenters. The van der Waals surface area contributed by atoms with Crippen LogP contribution in [0.3, 0.4) is 0 Å². The SMILES string of the molecule is Cc1cnc(C)c(-c2ccc3c(c2)CC(CNC(=O)c2c(C)noc2C)O3)n1. The number of nitrogens with one attached hydrogen (secondary N) is 1. The Bertz CT molecular complexity index is 1040. The summed E-state index contributed by atoms with van der Waals surface area (Å²) in [5.41, 5.74) is 5.88. The van der Waals surface area contributed by atoms with Crippen LogP contribution in [0, 0.1) is 27.7 Å². The molecule has 144 valence electrons. The van der Waals surface area contributed by atoms with Crippen molar-refractivity contribution in [3.8, 4) is 17.0 Å².